The molecule has 0 bridgehead atoms. The Morgan fingerprint density at radius 3 is 2.55 bits per heavy atom. The van der Waals surface area contributed by atoms with Gasteiger partial charge in [-0.3, -0.25) is 0 Å². The summed E-state index contributed by atoms with van der Waals surface area (Å²) in [5.41, 5.74) is 1.78. The number of allylic oxidation sites excluding steroid dienone is 1. The van der Waals surface area contributed by atoms with Crippen molar-refractivity contribution >= 4 is 0 Å². The number of fused-ring (bicyclic) bond motifs is 1. The van der Waals surface area contributed by atoms with Crippen molar-refractivity contribution in [3.05, 3.63) is 11.6 Å². The third-order valence-corrected chi connectivity index (χ3v) is 3.47. The van der Waals surface area contributed by atoms with Crippen molar-refractivity contribution in [1.29, 1.82) is 0 Å². The van der Waals surface area contributed by atoms with Crippen LogP contribution in [0.4, 0.5) is 0 Å². The van der Waals surface area contributed by atoms with Crippen molar-refractivity contribution in [2.45, 2.75) is 33.3 Å². The molecule has 3 atom stereocenters. The molecule has 0 spiro atoms. The summed E-state index contributed by atoms with van der Waals surface area (Å²) in [4.78, 5) is 0. The van der Waals surface area contributed by atoms with E-state index >= 15 is 0 Å². The molecule has 1 heteroatoms. The van der Waals surface area contributed by atoms with Crippen LogP contribution in [0.1, 0.15) is 27.2 Å². The Kier molecular flexibility index (Phi) is 1.26. The van der Waals surface area contributed by atoms with Gasteiger partial charge in [0.25, 0.3) is 0 Å². The minimum atomic E-state index is -0.163. The van der Waals surface area contributed by atoms with Crippen LogP contribution in [0.2, 0.25) is 0 Å². The highest BCUT2D eigenvalue weighted by Crippen LogP contribution is 2.58. The van der Waals surface area contributed by atoms with Crippen molar-refractivity contribution in [3.63, 3.8) is 0 Å². The van der Waals surface area contributed by atoms with Crippen LogP contribution in [0.15, 0.2) is 11.6 Å². The van der Waals surface area contributed by atoms with Crippen LogP contribution >= 0.6 is 0 Å². The number of aliphatic hydroxyl groups excluding tert-OH is 1. The second kappa shape index (κ2) is 1.89. The van der Waals surface area contributed by atoms with Crippen LogP contribution in [-0.2, 0) is 0 Å². The minimum Gasteiger partial charge on any atom is -0.389 e. The Morgan fingerprint density at radius 2 is 2.18 bits per heavy atom. The lowest BCUT2D eigenvalue weighted by Gasteiger charge is -2.50. The van der Waals surface area contributed by atoms with E-state index in [4.69, 9.17) is 0 Å². The van der Waals surface area contributed by atoms with E-state index in [-0.39, 0.29) is 6.10 Å². The fourth-order valence-corrected chi connectivity index (χ4v) is 2.86. The Bertz CT molecular complexity index is 215. The van der Waals surface area contributed by atoms with Gasteiger partial charge in [-0.1, -0.05) is 25.5 Å². The number of rotatable bonds is 0. The lowest BCUT2D eigenvalue weighted by Crippen LogP contribution is -2.46. The van der Waals surface area contributed by atoms with Gasteiger partial charge in [-0.25, -0.2) is 0 Å². The standard InChI is InChI=1S/C10H16O/c1-6-4-8(11)9-7(6)5-10(9,2)3/h4,7-9,11H,5H2,1-3H3. The van der Waals surface area contributed by atoms with Crippen molar-refractivity contribution < 1.29 is 5.11 Å². The Morgan fingerprint density at radius 1 is 1.55 bits per heavy atom. The summed E-state index contributed by atoms with van der Waals surface area (Å²) >= 11 is 0. The molecule has 3 unspecified atom stereocenters. The molecule has 0 aromatic rings. The van der Waals surface area contributed by atoms with Crippen LogP contribution in [0.3, 0.4) is 0 Å². The van der Waals surface area contributed by atoms with Gasteiger partial charge >= 0.3 is 0 Å². The fraction of sp³-hybridized carbons (Fsp3) is 0.800. The average molecular weight is 152 g/mol. The molecule has 11 heavy (non-hydrogen) atoms. The van der Waals surface area contributed by atoms with Crippen LogP contribution in [-0.4, -0.2) is 11.2 Å². The molecule has 1 saturated carbocycles. The topological polar surface area (TPSA) is 20.2 Å². The predicted octanol–water partition coefficient (Wildman–Crippen LogP) is 1.97. The molecule has 0 heterocycles. The van der Waals surface area contributed by atoms with E-state index in [1.165, 1.54) is 12.0 Å². The summed E-state index contributed by atoms with van der Waals surface area (Å²) in [5.74, 6) is 1.21. The molecule has 0 aromatic heterocycles. The fourth-order valence-electron chi connectivity index (χ4n) is 2.86. The smallest absolute Gasteiger partial charge is 0.0762 e. The molecular weight excluding hydrogens is 136 g/mol. The summed E-state index contributed by atoms with van der Waals surface area (Å²) in [6, 6.07) is 0. The first-order valence-electron chi connectivity index (χ1n) is 4.39. The average Bonchev–Trinajstić information content (AvgIpc) is 2.03. The van der Waals surface area contributed by atoms with Gasteiger partial charge in [0.2, 0.25) is 0 Å². The van der Waals surface area contributed by atoms with Crippen molar-refractivity contribution in [3.8, 4) is 0 Å². The van der Waals surface area contributed by atoms with Gasteiger partial charge in [-0.05, 0) is 24.7 Å². The molecule has 62 valence electrons. The maximum Gasteiger partial charge on any atom is 0.0762 e. The van der Waals surface area contributed by atoms with Gasteiger partial charge in [0.1, 0.15) is 0 Å². The van der Waals surface area contributed by atoms with E-state index in [1.54, 1.807) is 0 Å². The first-order valence-corrected chi connectivity index (χ1v) is 4.39. The highest BCUT2D eigenvalue weighted by atomic mass is 16.3. The zero-order valence-electron chi connectivity index (χ0n) is 7.46. The van der Waals surface area contributed by atoms with Crippen LogP contribution in [0, 0.1) is 17.3 Å². The van der Waals surface area contributed by atoms with Gasteiger partial charge in [-0.15, -0.1) is 0 Å². The maximum absolute atomic E-state index is 9.65. The zero-order valence-corrected chi connectivity index (χ0v) is 7.46. The van der Waals surface area contributed by atoms with Crippen LogP contribution in [0.5, 0.6) is 0 Å². The molecule has 1 nitrogen and oxygen atoms in total. The molecule has 2 aliphatic rings. The molecule has 0 saturated heterocycles. The van der Waals surface area contributed by atoms with E-state index in [9.17, 15) is 5.11 Å². The van der Waals surface area contributed by atoms with E-state index in [0.717, 1.165) is 0 Å². The predicted molar refractivity (Wildman–Crippen MR) is 45.1 cm³/mol. The van der Waals surface area contributed by atoms with E-state index in [0.29, 0.717) is 17.3 Å². The second-order valence-corrected chi connectivity index (χ2v) is 4.73. The first-order chi connectivity index (χ1) is 5.02. The molecule has 2 aliphatic carbocycles. The molecule has 1 fully saturated rings. The largest absolute Gasteiger partial charge is 0.389 e. The summed E-state index contributed by atoms with van der Waals surface area (Å²) in [6.07, 6.45) is 3.13. The lowest BCUT2D eigenvalue weighted by molar-refractivity contribution is -0.0440. The molecular formula is C10H16O. The monoisotopic (exact) mass is 152 g/mol. The normalized spacial score (nSPS) is 46.2. The van der Waals surface area contributed by atoms with Gasteiger partial charge in [0.05, 0.1) is 6.10 Å². The molecule has 0 radical (unpaired) electrons. The van der Waals surface area contributed by atoms with Crippen molar-refractivity contribution in [2.75, 3.05) is 0 Å². The molecule has 0 aromatic carbocycles. The van der Waals surface area contributed by atoms with Gasteiger partial charge in [-0.2, -0.15) is 0 Å². The van der Waals surface area contributed by atoms with Crippen LogP contribution < -0.4 is 0 Å². The van der Waals surface area contributed by atoms with Crippen molar-refractivity contribution in [2.24, 2.45) is 17.3 Å². The number of aliphatic hydroxyl groups is 1. The summed E-state index contributed by atoms with van der Waals surface area (Å²) < 4.78 is 0. The Labute approximate surface area is 68.1 Å². The molecule has 2 rings (SSSR count). The van der Waals surface area contributed by atoms with Crippen molar-refractivity contribution in [1.82, 2.24) is 0 Å². The SMILES string of the molecule is CC1=CC(O)C2C1CC2(C)C. The quantitative estimate of drug-likeness (QED) is 0.526. The number of hydrogen-bond acceptors (Lipinski definition) is 1. The second-order valence-electron chi connectivity index (χ2n) is 4.73. The molecule has 1 N–H and O–H groups in total. The first kappa shape index (κ1) is 7.35. The molecule has 0 amide bonds. The minimum absolute atomic E-state index is 0.163. The lowest BCUT2D eigenvalue weighted by atomic mass is 9.55. The maximum atomic E-state index is 9.65. The highest BCUT2D eigenvalue weighted by Gasteiger charge is 2.53. The molecule has 0 aliphatic heterocycles. The zero-order chi connectivity index (χ0) is 8.22. The summed E-state index contributed by atoms with van der Waals surface area (Å²) in [7, 11) is 0. The number of hydrogen-bond donors (Lipinski definition) is 1. The van der Waals surface area contributed by atoms with Gasteiger partial charge < -0.3 is 5.11 Å². The van der Waals surface area contributed by atoms with E-state index in [1.807, 2.05) is 6.08 Å². The van der Waals surface area contributed by atoms with Gasteiger partial charge in [0.15, 0.2) is 0 Å². The Hall–Kier alpha value is -0.300. The summed E-state index contributed by atoms with van der Waals surface area (Å²) in [6.45, 7) is 6.65. The third-order valence-electron chi connectivity index (χ3n) is 3.47. The van der Waals surface area contributed by atoms with E-state index in [2.05, 4.69) is 20.8 Å². The highest BCUT2D eigenvalue weighted by molar-refractivity contribution is 5.25. The third kappa shape index (κ3) is 0.807. The Balaban J connectivity index is 2.22. The van der Waals surface area contributed by atoms with Gasteiger partial charge in [0, 0.05) is 5.92 Å². The van der Waals surface area contributed by atoms with Crippen LogP contribution in [0.25, 0.3) is 0 Å². The van der Waals surface area contributed by atoms with E-state index < -0.39 is 0 Å². The summed E-state index contributed by atoms with van der Waals surface area (Å²) in [5, 5.41) is 9.65.